The summed E-state index contributed by atoms with van der Waals surface area (Å²) in [5.74, 6) is 2.07. The molecule has 4 heteroatoms. The van der Waals surface area contributed by atoms with Gasteiger partial charge in [-0.25, -0.2) is 0 Å². The minimum absolute atomic E-state index is 0.0810. The van der Waals surface area contributed by atoms with Gasteiger partial charge >= 0.3 is 0 Å². The Kier molecular flexibility index (Phi) is 5.95. The Morgan fingerprint density at radius 3 is 2.44 bits per heavy atom. The lowest BCUT2D eigenvalue weighted by Gasteiger charge is -2.22. The highest BCUT2D eigenvalue weighted by Crippen LogP contribution is 2.34. The van der Waals surface area contributed by atoms with Gasteiger partial charge in [0.2, 0.25) is 0 Å². The quantitative estimate of drug-likeness (QED) is 0.779. The van der Waals surface area contributed by atoms with E-state index in [0.29, 0.717) is 12.5 Å². The van der Waals surface area contributed by atoms with Crippen molar-refractivity contribution in [1.82, 2.24) is 5.32 Å². The van der Waals surface area contributed by atoms with E-state index < -0.39 is 0 Å². The highest BCUT2D eigenvalue weighted by atomic mass is 16.5. The molecule has 1 unspecified atom stereocenters. The fourth-order valence-electron chi connectivity index (χ4n) is 1.88. The molecule has 3 N–H and O–H groups in total. The van der Waals surface area contributed by atoms with Crippen molar-refractivity contribution in [2.45, 2.75) is 19.9 Å². The van der Waals surface area contributed by atoms with Crippen molar-refractivity contribution in [2.75, 3.05) is 27.3 Å². The first-order chi connectivity index (χ1) is 8.63. The van der Waals surface area contributed by atoms with Crippen molar-refractivity contribution in [3.05, 3.63) is 23.8 Å². The first-order valence-electron chi connectivity index (χ1n) is 6.28. The number of hydrogen-bond acceptors (Lipinski definition) is 4. The molecule has 0 fully saturated rings. The largest absolute Gasteiger partial charge is 0.493 e. The third kappa shape index (κ3) is 3.62. The van der Waals surface area contributed by atoms with Gasteiger partial charge in [0.15, 0.2) is 11.5 Å². The van der Waals surface area contributed by atoms with Crippen molar-refractivity contribution in [1.29, 1.82) is 0 Å². The van der Waals surface area contributed by atoms with Crippen molar-refractivity contribution in [3.8, 4) is 11.5 Å². The molecule has 0 radical (unpaired) electrons. The number of rotatable bonds is 7. The van der Waals surface area contributed by atoms with Gasteiger partial charge in [0, 0.05) is 18.2 Å². The predicted molar refractivity (Wildman–Crippen MR) is 74.2 cm³/mol. The second kappa shape index (κ2) is 7.24. The molecule has 0 saturated carbocycles. The number of nitrogens with two attached hydrogens (primary N) is 1. The zero-order valence-electron chi connectivity index (χ0n) is 11.7. The number of methoxy groups -OCH3 is 2. The van der Waals surface area contributed by atoms with E-state index >= 15 is 0 Å². The van der Waals surface area contributed by atoms with Crippen LogP contribution < -0.4 is 20.5 Å². The summed E-state index contributed by atoms with van der Waals surface area (Å²) in [7, 11) is 3.29. The second-order valence-corrected chi connectivity index (χ2v) is 4.67. The summed E-state index contributed by atoms with van der Waals surface area (Å²) in [5, 5.41) is 3.45. The van der Waals surface area contributed by atoms with E-state index in [1.165, 1.54) is 0 Å². The van der Waals surface area contributed by atoms with Crippen LogP contribution in [0.15, 0.2) is 18.2 Å². The molecule has 1 aromatic carbocycles. The summed E-state index contributed by atoms with van der Waals surface area (Å²) in [6, 6.07) is 5.94. The average molecular weight is 252 g/mol. The van der Waals surface area contributed by atoms with Gasteiger partial charge in [0.25, 0.3) is 0 Å². The smallest absolute Gasteiger partial charge is 0.165 e. The minimum atomic E-state index is 0.0810. The summed E-state index contributed by atoms with van der Waals surface area (Å²) in [5.41, 5.74) is 6.89. The van der Waals surface area contributed by atoms with Gasteiger partial charge in [-0.1, -0.05) is 26.0 Å². The number of ether oxygens (including phenoxy) is 2. The molecule has 0 spiro atoms. The molecule has 0 bridgehead atoms. The van der Waals surface area contributed by atoms with E-state index in [4.69, 9.17) is 15.2 Å². The molecule has 4 nitrogen and oxygen atoms in total. The van der Waals surface area contributed by atoms with Gasteiger partial charge in [0.05, 0.1) is 14.2 Å². The topological polar surface area (TPSA) is 56.5 Å². The van der Waals surface area contributed by atoms with Gasteiger partial charge in [-0.15, -0.1) is 0 Å². The molecule has 0 aliphatic rings. The van der Waals surface area contributed by atoms with Crippen LogP contribution in [0, 0.1) is 5.92 Å². The summed E-state index contributed by atoms with van der Waals surface area (Å²) < 4.78 is 10.7. The number of hydrogen-bond donors (Lipinski definition) is 2. The molecule has 1 aromatic rings. The normalized spacial score (nSPS) is 12.6. The molecule has 0 aliphatic carbocycles. The highest BCUT2D eigenvalue weighted by Gasteiger charge is 2.17. The van der Waals surface area contributed by atoms with Gasteiger partial charge in [-0.2, -0.15) is 0 Å². The molecule has 0 aromatic heterocycles. The Hall–Kier alpha value is -1.26. The third-order valence-corrected chi connectivity index (χ3v) is 2.82. The van der Waals surface area contributed by atoms with Crippen LogP contribution in [0.25, 0.3) is 0 Å². The molecular weight excluding hydrogens is 228 g/mol. The first-order valence-corrected chi connectivity index (χ1v) is 6.28. The Morgan fingerprint density at radius 2 is 1.94 bits per heavy atom. The van der Waals surface area contributed by atoms with Crippen molar-refractivity contribution < 1.29 is 9.47 Å². The Balaban J connectivity index is 2.97. The minimum Gasteiger partial charge on any atom is -0.493 e. The monoisotopic (exact) mass is 252 g/mol. The first kappa shape index (κ1) is 14.8. The van der Waals surface area contributed by atoms with Gasteiger partial charge in [0.1, 0.15) is 0 Å². The highest BCUT2D eigenvalue weighted by molar-refractivity contribution is 5.48. The van der Waals surface area contributed by atoms with Crippen molar-refractivity contribution >= 4 is 0 Å². The van der Waals surface area contributed by atoms with Crippen LogP contribution in [-0.2, 0) is 0 Å². The Labute approximate surface area is 109 Å². The van der Waals surface area contributed by atoms with Crippen molar-refractivity contribution in [2.24, 2.45) is 11.7 Å². The third-order valence-electron chi connectivity index (χ3n) is 2.82. The van der Waals surface area contributed by atoms with Crippen LogP contribution >= 0.6 is 0 Å². The fourth-order valence-corrected chi connectivity index (χ4v) is 1.88. The van der Waals surface area contributed by atoms with E-state index in [1.807, 2.05) is 18.2 Å². The molecule has 0 heterocycles. The zero-order valence-corrected chi connectivity index (χ0v) is 11.7. The summed E-state index contributed by atoms with van der Waals surface area (Å²) in [6.45, 7) is 5.78. The summed E-state index contributed by atoms with van der Waals surface area (Å²) in [4.78, 5) is 0. The molecular formula is C14H24N2O2. The van der Waals surface area contributed by atoms with Crippen LogP contribution in [0.2, 0.25) is 0 Å². The maximum absolute atomic E-state index is 5.85. The molecule has 0 aliphatic heterocycles. The molecule has 0 amide bonds. The number of benzene rings is 1. The molecule has 102 valence electrons. The summed E-state index contributed by atoms with van der Waals surface area (Å²) in [6.07, 6.45) is 0. The zero-order chi connectivity index (χ0) is 13.5. The molecule has 1 atom stereocenters. The number of para-hydroxylation sites is 1. The number of nitrogens with one attached hydrogen (secondary N) is 1. The lowest BCUT2D eigenvalue weighted by Crippen LogP contribution is -2.31. The maximum Gasteiger partial charge on any atom is 0.165 e. The summed E-state index contributed by atoms with van der Waals surface area (Å²) >= 11 is 0. The van der Waals surface area contributed by atoms with Crippen LogP contribution in [-0.4, -0.2) is 27.3 Å². The van der Waals surface area contributed by atoms with Gasteiger partial charge < -0.3 is 20.5 Å². The van der Waals surface area contributed by atoms with Crippen LogP contribution in [0.1, 0.15) is 25.5 Å². The van der Waals surface area contributed by atoms with Crippen LogP contribution in [0.3, 0.4) is 0 Å². The van der Waals surface area contributed by atoms with E-state index in [0.717, 1.165) is 23.6 Å². The van der Waals surface area contributed by atoms with Crippen LogP contribution in [0.5, 0.6) is 11.5 Å². The standard InChI is InChI=1S/C14H24N2O2/c1-10(2)9-16-12(8-15)11-6-5-7-13(17-3)14(11)18-4/h5-7,10,12,16H,8-9,15H2,1-4H3. The van der Waals surface area contributed by atoms with E-state index in [2.05, 4.69) is 19.2 Å². The van der Waals surface area contributed by atoms with Gasteiger partial charge in [-0.3, -0.25) is 0 Å². The maximum atomic E-state index is 5.85. The van der Waals surface area contributed by atoms with E-state index in [-0.39, 0.29) is 6.04 Å². The SMILES string of the molecule is COc1cccc(C(CN)NCC(C)C)c1OC. The van der Waals surface area contributed by atoms with Gasteiger partial charge in [-0.05, 0) is 18.5 Å². The fraction of sp³-hybridized carbons (Fsp3) is 0.571. The second-order valence-electron chi connectivity index (χ2n) is 4.67. The lowest BCUT2D eigenvalue weighted by molar-refractivity contribution is 0.345. The molecule has 0 saturated heterocycles. The lowest BCUT2D eigenvalue weighted by atomic mass is 10.0. The molecule has 18 heavy (non-hydrogen) atoms. The predicted octanol–water partition coefficient (Wildman–Crippen LogP) is 1.95. The van der Waals surface area contributed by atoms with Crippen molar-refractivity contribution in [3.63, 3.8) is 0 Å². The van der Waals surface area contributed by atoms with E-state index in [9.17, 15) is 0 Å². The Morgan fingerprint density at radius 1 is 1.22 bits per heavy atom. The molecule has 1 rings (SSSR count). The van der Waals surface area contributed by atoms with Crippen LogP contribution in [0.4, 0.5) is 0 Å². The van der Waals surface area contributed by atoms with E-state index in [1.54, 1.807) is 14.2 Å². The Bertz CT molecular complexity index is 367. The average Bonchev–Trinajstić information content (AvgIpc) is 2.38.